The Balaban J connectivity index is 2.02. The van der Waals surface area contributed by atoms with Crippen LogP contribution in [0.3, 0.4) is 0 Å². The zero-order valence-corrected chi connectivity index (χ0v) is 11.0. The summed E-state index contributed by atoms with van der Waals surface area (Å²) in [5.41, 5.74) is 7.16. The Kier molecular flexibility index (Phi) is 4.37. The van der Waals surface area contributed by atoms with Gasteiger partial charge in [-0.15, -0.1) is 0 Å². The molecule has 2 rings (SSSR count). The van der Waals surface area contributed by atoms with Crippen molar-refractivity contribution in [1.82, 2.24) is 4.90 Å². The number of hydrogen-bond donors (Lipinski definition) is 1. The van der Waals surface area contributed by atoms with E-state index >= 15 is 0 Å². The minimum absolute atomic E-state index is 0.121. The van der Waals surface area contributed by atoms with Crippen molar-refractivity contribution in [3.63, 3.8) is 0 Å². The lowest BCUT2D eigenvalue weighted by Crippen LogP contribution is -2.46. The van der Waals surface area contributed by atoms with E-state index in [-0.39, 0.29) is 11.9 Å². The highest BCUT2D eigenvalue weighted by atomic mass is 16.2. The predicted octanol–water partition coefficient (Wildman–Crippen LogP) is 1.96. The summed E-state index contributed by atoms with van der Waals surface area (Å²) >= 11 is 0. The Bertz CT molecular complexity index is 391. The topological polar surface area (TPSA) is 46.3 Å². The molecule has 1 unspecified atom stereocenters. The van der Waals surface area contributed by atoms with Crippen LogP contribution in [0.2, 0.25) is 0 Å². The highest BCUT2D eigenvalue weighted by Gasteiger charge is 2.30. The Labute approximate surface area is 109 Å². The lowest BCUT2D eigenvalue weighted by atomic mass is 10.0. The molecule has 0 saturated carbocycles. The fourth-order valence-electron chi connectivity index (χ4n) is 2.61. The van der Waals surface area contributed by atoms with Crippen molar-refractivity contribution in [2.24, 2.45) is 5.73 Å². The van der Waals surface area contributed by atoms with E-state index in [9.17, 15) is 4.79 Å². The molecule has 0 spiro atoms. The SMILES string of the molecule is CC[C@H](N)C(=O)N1CCCC1Cc1ccccc1. The van der Waals surface area contributed by atoms with Gasteiger partial charge in [0.05, 0.1) is 6.04 Å². The molecule has 1 saturated heterocycles. The summed E-state index contributed by atoms with van der Waals surface area (Å²) in [7, 11) is 0. The van der Waals surface area contributed by atoms with Gasteiger partial charge in [0.1, 0.15) is 0 Å². The summed E-state index contributed by atoms with van der Waals surface area (Å²) < 4.78 is 0. The van der Waals surface area contributed by atoms with Crippen LogP contribution in [-0.2, 0) is 11.2 Å². The van der Waals surface area contributed by atoms with Gasteiger partial charge in [-0.05, 0) is 31.2 Å². The molecule has 1 aromatic carbocycles. The second-order valence-electron chi connectivity index (χ2n) is 5.03. The first-order valence-corrected chi connectivity index (χ1v) is 6.82. The van der Waals surface area contributed by atoms with Crippen LogP contribution in [0.5, 0.6) is 0 Å². The highest BCUT2D eigenvalue weighted by molar-refractivity contribution is 5.82. The van der Waals surface area contributed by atoms with E-state index in [1.54, 1.807) is 0 Å². The number of rotatable bonds is 4. The predicted molar refractivity (Wildman–Crippen MR) is 73.1 cm³/mol. The quantitative estimate of drug-likeness (QED) is 0.882. The van der Waals surface area contributed by atoms with E-state index in [0.717, 1.165) is 25.8 Å². The minimum Gasteiger partial charge on any atom is -0.338 e. The standard InChI is InChI=1S/C15H22N2O/c1-2-14(16)15(18)17-10-6-9-13(17)11-12-7-4-3-5-8-12/h3-5,7-8,13-14H,2,6,9-11,16H2,1H3/t13?,14-/m0/s1. The molecule has 1 heterocycles. The van der Waals surface area contributed by atoms with Gasteiger partial charge in [0, 0.05) is 12.6 Å². The molecule has 2 N–H and O–H groups in total. The van der Waals surface area contributed by atoms with Crippen LogP contribution in [0.25, 0.3) is 0 Å². The number of nitrogens with zero attached hydrogens (tertiary/aromatic N) is 1. The Hall–Kier alpha value is -1.35. The van der Waals surface area contributed by atoms with E-state index < -0.39 is 0 Å². The van der Waals surface area contributed by atoms with Gasteiger partial charge in [-0.1, -0.05) is 37.3 Å². The van der Waals surface area contributed by atoms with Crippen molar-refractivity contribution < 1.29 is 4.79 Å². The second-order valence-corrected chi connectivity index (χ2v) is 5.03. The van der Waals surface area contributed by atoms with E-state index in [0.29, 0.717) is 12.5 Å². The molecule has 3 nitrogen and oxygen atoms in total. The van der Waals surface area contributed by atoms with E-state index in [1.165, 1.54) is 5.56 Å². The lowest BCUT2D eigenvalue weighted by Gasteiger charge is -2.27. The van der Waals surface area contributed by atoms with Gasteiger partial charge in [0.2, 0.25) is 5.91 Å². The Morgan fingerprint density at radius 2 is 2.17 bits per heavy atom. The number of carbonyl (C=O) groups is 1. The van der Waals surface area contributed by atoms with Gasteiger partial charge in [0.25, 0.3) is 0 Å². The van der Waals surface area contributed by atoms with Crippen molar-refractivity contribution in [3.8, 4) is 0 Å². The molecule has 3 heteroatoms. The first-order valence-electron chi connectivity index (χ1n) is 6.82. The van der Waals surface area contributed by atoms with Crippen LogP contribution in [-0.4, -0.2) is 29.4 Å². The van der Waals surface area contributed by atoms with Crippen LogP contribution in [0.1, 0.15) is 31.7 Å². The second kappa shape index (κ2) is 6.01. The van der Waals surface area contributed by atoms with Crippen molar-refractivity contribution in [2.75, 3.05) is 6.54 Å². The first kappa shape index (κ1) is 13.1. The maximum Gasteiger partial charge on any atom is 0.239 e. The van der Waals surface area contributed by atoms with E-state index in [2.05, 4.69) is 12.1 Å². The third kappa shape index (κ3) is 2.91. The van der Waals surface area contributed by atoms with E-state index in [4.69, 9.17) is 5.73 Å². The maximum absolute atomic E-state index is 12.2. The van der Waals surface area contributed by atoms with Crippen molar-refractivity contribution >= 4 is 5.91 Å². The summed E-state index contributed by atoms with van der Waals surface area (Å²) in [6.07, 6.45) is 3.85. The zero-order chi connectivity index (χ0) is 13.0. The molecule has 1 fully saturated rings. The average Bonchev–Trinajstić information content (AvgIpc) is 2.86. The number of nitrogens with two attached hydrogens (primary N) is 1. The van der Waals surface area contributed by atoms with Crippen LogP contribution < -0.4 is 5.73 Å². The summed E-state index contributed by atoms with van der Waals surface area (Å²) in [5.74, 6) is 0.121. The van der Waals surface area contributed by atoms with E-state index in [1.807, 2.05) is 30.0 Å². The minimum atomic E-state index is -0.332. The molecular formula is C15H22N2O. The van der Waals surface area contributed by atoms with Gasteiger partial charge in [-0.25, -0.2) is 0 Å². The number of benzene rings is 1. The molecular weight excluding hydrogens is 224 g/mol. The van der Waals surface area contributed by atoms with Gasteiger partial charge in [-0.2, -0.15) is 0 Å². The molecule has 0 radical (unpaired) electrons. The number of carbonyl (C=O) groups excluding carboxylic acids is 1. The molecule has 1 aliphatic rings. The van der Waals surface area contributed by atoms with Crippen LogP contribution in [0.15, 0.2) is 30.3 Å². The molecule has 0 aromatic heterocycles. The van der Waals surface area contributed by atoms with Crippen LogP contribution >= 0.6 is 0 Å². The molecule has 98 valence electrons. The largest absolute Gasteiger partial charge is 0.338 e. The average molecular weight is 246 g/mol. The highest BCUT2D eigenvalue weighted by Crippen LogP contribution is 2.22. The van der Waals surface area contributed by atoms with Crippen molar-refractivity contribution in [1.29, 1.82) is 0 Å². The Morgan fingerprint density at radius 3 is 2.83 bits per heavy atom. The molecule has 1 aromatic rings. The van der Waals surface area contributed by atoms with Crippen LogP contribution in [0.4, 0.5) is 0 Å². The van der Waals surface area contributed by atoms with Crippen molar-refractivity contribution in [3.05, 3.63) is 35.9 Å². The summed E-state index contributed by atoms with van der Waals surface area (Å²) in [6, 6.07) is 10.4. The van der Waals surface area contributed by atoms with Crippen LogP contribution in [0, 0.1) is 0 Å². The van der Waals surface area contributed by atoms with Gasteiger partial charge >= 0.3 is 0 Å². The Morgan fingerprint density at radius 1 is 1.44 bits per heavy atom. The van der Waals surface area contributed by atoms with Gasteiger partial charge < -0.3 is 10.6 Å². The molecule has 0 aliphatic carbocycles. The van der Waals surface area contributed by atoms with Gasteiger partial charge in [-0.3, -0.25) is 4.79 Å². The number of hydrogen-bond acceptors (Lipinski definition) is 2. The molecule has 18 heavy (non-hydrogen) atoms. The maximum atomic E-state index is 12.2. The monoisotopic (exact) mass is 246 g/mol. The smallest absolute Gasteiger partial charge is 0.239 e. The normalized spacial score (nSPS) is 21.0. The fourth-order valence-corrected chi connectivity index (χ4v) is 2.61. The summed E-state index contributed by atoms with van der Waals surface area (Å²) in [6.45, 7) is 2.83. The number of likely N-dealkylation sites (tertiary alicyclic amines) is 1. The number of amides is 1. The third-order valence-corrected chi connectivity index (χ3v) is 3.73. The molecule has 2 atom stereocenters. The first-order chi connectivity index (χ1) is 8.72. The molecule has 1 aliphatic heterocycles. The fraction of sp³-hybridized carbons (Fsp3) is 0.533. The summed E-state index contributed by atoms with van der Waals surface area (Å²) in [5, 5.41) is 0. The molecule has 0 bridgehead atoms. The van der Waals surface area contributed by atoms with Gasteiger partial charge in [0.15, 0.2) is 0 Å². The lowest BCUT2D eigenvalue weighted by molar-refractivity contribution is -0.133. The molecule has 1 amide bonds. The zero-order valence-electron chi connectivity index (χ0n) is 11.0. The van der Waals surface area contributed by atoms with Crippen molar-refractivity contribution in [2.45, 2.75) is 44.7 Å². The summed E-state index contributed by atoms with van der Waals surface area (Å²) in [4.78, 5) is 14.2. The third-order valence-electron chi connectivity index (χ3n) is 3.73.